The van der Waals surface area contributed by atoms with Gasteiger partial charge in [0.2, 0.25) is 5.95 Å². The fraction of sp³-hybridized carbons (Fsp3) is 0.500. The topological polar surface area (TPSA) is 63.8 Å². The molecule has 4 nitrogen and oxygen atoms in total. The first-order chi connectivity index (χ1) is 6.22. The van der Waals surface area contributed by atoms with E-state index < -0.39 is 0 Å². The van der Waals surface area contributed by atoms with E-state index in [9.17, 15) is 0 Å². The number of hydrogen-bond donors (Lipinski definition) is 2. The van der Waals surface area contributed by atoms with Gasteiger partial charge in [-0.1, -0.05) is 6.92 Å². The Balaban J connectivity index is 2.41. The number of nitrogens with two attached hydrogens (primary N) is 1. The molecule has 3 N–H and O–H groups in total. The standard InChI is InChI=1S/C8H13BrN4/c1-6(2-10)3-11-8-12-4-7(9)5-13-8/h4-6H,2-3,10H2,1H3,(H,11,12,13). The molecule has 13 heavy (non-hydrogen) atoms. The highest BCUT2D eigenvalue weighted by molar-refractivity contribution is 9.10. The van der Waals surface area contributed by atoms with Crippen LogP contribution in [0.1, 0.15) is 6.92 Å². The second-order valence-electron chi connectivity index (χ2n) is 2.95. The van der Waals surface area contributed by atoms with Crippen molar-refractivity contribution >= 4 is 21.9 Å². The van der Waals surface area contributed by atoms with E-state index in [4.69, 9.17) is 5.73 Å². The number of aromatic nitrogens is 2. The molecule has 0 saturated heterocycles. The normalized spacial score (nSPS) is 12.5. The Bertz CT molecular complexity index is 249. The van der Waals surface area contributed by atoms with Gasteiger partial charge in [0.15, 0.2) is 0 Å². The number of nitrogens with zero attached hydrogens (tertiary/aromatic N) is 2. The van der Waals surface area contributed by atoms with Crippen LogP contribution in [0.25, 0.3) is 0 Å². The molecule has 0 saturated carbocycles. The maximum Gasteiger partial charge on any atom is 0.222 e. The zero-order valence-electron chi connectivity index (χ0n) is 7.50. The molecular weight excluding hydrogens is 232 g/mol. The third-order valence-electron chi connectivity index (χ3n) is 1.63. The SMILES string of the molecule is CC(CN)CNc1ncc(Br)cn1. The third-order valence-corrected chi connectivity index (χ3v) is 2.04. The maximum atomic E-state index is 5.47. The van der Waals surface area contributed by atoms with Crippen molar-refractivity contribution < 1.29 is 0 Å². The van der Waals surface area contributed by atoms with Gasteiger partial charge in [-0.25, -0.2) is 9.97 Å². The quantitative estimate of drug-likeness (QED) is 0.837. The minimum Gasteiger partial charge on any atom is -0.354 e. The van der Waals surface area contributed by atoms with Crippen molar-refractivity contribution in [2.45, 2.75) is 6.92 Å². The van der Waals surface area contributed by atoms with Crippen molar-refractivity contribution in [2.75, 3.05) is 18.4 Å². The highest BCUT2D eigenvalue weighted by atomic mass is 79.9. The zero-order valence-corrected chi connectivity index (χ0v) is 9.08. The molecule has 1 aromatic heterocycles. The van der Waals surface area contributed by atoms with Gasteiger partial charge in [0.1, 0.15) is 0 Å². The van der Waals surface area contributed by atoms with Gasteiger partial charge >= 0.3 is 0 Å². The number of rotatable bonds is 4. The van der Waals surface area contributed by atoms with Crippen LogP contribution in [-0.4, -0.2) is 23.1 Å². The van der Waals surface area contributed by atoms with Crippen LogP contribution in [-0.2, 0) is 0 Å². The molecule has 5 heteroatoms. The lowest BCUT2D eigenvalue weighted by Crippen LogP contribution is -2.20. The molecule has 0 aliphatic heterocycles. The molecule has 0 fully saturated rings. The second-order valence-corrected chi connectivity index (χ2v) is 3.86. The lowest BCUT2D eigenvalue weighted by atomic mass is 10.2. The van der Waals surface area contributed by atoms with Crippen molar-refractivity contribution in [3.63, 3.8) is 0 Å². The number of anilines is 1. The van der Waals surface area contributed by atoms with Crippen LogP contribution in [0.15, 0.2) is 16.9 Å². The van der Waals surface area contributed by atoms with Gasteiger partial charge in [-0.05, 0) is 28.4 Å². The summed E-state index contributed by atoms with van der Waals surface area (Å²) in [6.07, 6.45) is 3.42. The Labute approximate surface area is 86.1 Å². The lowest BCUT2D eigenvalue weighted by Gasteiger charge is -2.09. The van der Waals surface area contributed by atoms with Crippen LogP contribution < -0.4 is 11.1 Å². The highest BCUT2D eigenvalue weighted by Crippen LogP contribution is 2.06. The van der Waals surface area contributed by atoms with Gasteiger partial charge in [-0.15, -0.1) is 0 Å². The van der Waals surface area contributed by atoms with Crippen molar-refractivity contribution in [3.8, 4) is 0 Å². The highest BCUT2D eigenvalue weighted by Gasteiger charge is 1.99. The van der Waals surface area contributed by atoms with Crippen molar-refractivity contribution in [1.29, 1.82) is 0 Å². The molecule has 1 rings (SSSR count). The molecule has 0 spiro atoms. The Morgan fingerprint density at radius 2 is 2.15 bits per heavy atom. The summed E-state index contributed by atoms with van der Waals surface area (Å²) < 4.78 is 0.880. The van der Waals surface area contributed by atoms with Crippen molar-refractivity contribution in [2.24, 2.45) is 11.7 Å². The minimum absolute atomic E-state index is 0.437. The average molecular weight is 245 g/mol. The van der Waals surface area contributed by atoms with Crippen LogP contribution >= 0.6 is 15.9 Å². The first-order valence-corrected chi connectivity index (χ1v) is 4.93. The third kappa shape index (κ3) is 3.69. The van der Waals surface area contributed by atoms with E-state index >= 15 is 0 Å². The fourth-order valence-corrected chi connectivity index (χ4v) is 0.957. The number of halogens is 1. The maximum absolute atomic E-state index is 5.47. The van der Waals surface area contributed by atoms with Crippen molar-refractivity contribution in [1.82, 2.24) is 9.97 Å². The summed E-state index contributed by atoms with van der Waals surface area (Å²) in [5.74, 6) is 1.08. The number of hydrogen-bond acceptors (Lipinski definition) is 4. The van der Waals surface area contributed by atoms with E-state index in [1.54, 1.807) is 12.4 Å². The zero-order chi connectivity index (χ0) is 9.68. The Morgan fingerprint density at radius 1 is 1.54 bits per heavy atom. The van der Waals surface area contributed by atoms with Crippen LogP contribution in [0.4, 0.5) is 5.95 Å². The first-order valence-electron chi connectivity index (χ1n) is 4.14. The molecule has 0 aliphatic rings. The van der Waals surface area contributed by atoms with E-state index in [2.05, 4.69) is 38.1 Å². The number of nitrogens with one attached hydrogen (secondary N) is 1. The summed E-state index contributed by atoms with van der Waals surface area (Å²) in [6.45, 7) is 3.55. The van der Waals surface area contributed by atoms with Gasteiger partial charge in [-0.3, -0.25) is 0 Å². The minimum atomic E-state index is 0.437. The van der Waals surface area contributed by atoms with E-state index in [-0.39, 0.29) is 0 Å². The molecule has 72 valence electrons. The Hall–Kier alpha value is -0.680. The summed E-state index contributed by atoms with van der Waals surface area (Å²) in [6, 6.07) is 0. The van der Waals surface area contributed by atoms with E-state index in [0.29, 0.717) is 18.4 Å². The van der Waals surface area contributed by atoms with E-state index in [1.165, 1.54) is 0 Å². The first kappa shape index (κ1) is 10.4. The summed E-state index contributed by atoms with van der Waals surface area (Å²) in [4.78, 5) is 8.15. The van der Waals surface area contributed by atoms with E-state index in [1.807, 2.05) is 0 Å². The van der Waals surface area contributed by atoms with Gasteiger partial charge in [-0.2, -0.15) is 0 Å². The molecule has 0 bridgehead atoms. The molecule has 1 atom stereocenters. The largest absolute Gasteiger partial charge is 0.354 e. The molecule has 1 heterocycles. The van der Waals surface area contributed by atoms with Crippen LogP contribution in [0, 0.1) is 5.92 Å². The van der Waals surface area contributed by atoms with E-state index in [0.717, 1.165) is 11.0 Å². The van der Waals surface area contributed by atoms with Crippen LogP contribution in [0.5, 0.6) is 0 Å². The lowest BCUT2D eigenvalue weighted by molar-refractivity contribution is 0.625. The Morgan fingerprint density at radius 3 is 2.69 bits per heavy atom. The predicted molar refractivity (Wildman–Crippen MR) is 56.4 cm³/mol. The van der Waals surface area contributed by atoms with Crippen LogP contribution in [0.3, 0.4) is 0 Å². The second kappa shape index (κ2) is 5.14. The van der Waals surface area contributed by atoms with Gasteiger partial charge in [0.25, 0.3) is 0 Å². The molecule has 1 aromatic rings. The fourth-order valence-electron chi connectivity index (χ4n) is 0.752. The molecular formula is C8H13BrN4. The van der Waals surface area contributed by atoms with Crippen LogP contribution in [0.2, 0.25) is 0 Å². The van der Waals surface area contributed by atoms with Gasteiger partial charge < -0.3 is 11.1 Å². The predicted octanol–water partition coefficient (Wildman–Crippen LogP) is 1.25. The summed E-state index contributed by atoms with van der Waals surface area (Å²) in [7, 11) is 0. The summed E-state index contributed by atoms with van der Waals surface area (Å²) in [5, 5.41) is 3.10. The molecule has 0 aromatic carbocycles. The molecule has 0 radical (unpaired) electrons. The smallest absolute Gasteiger partial charge is 0.222 e. The molecule has 1 unspecified atom stereocenters. The summed E-state index contributed by atoms with van der Waals surface area (Å²) in [5.41, 5.74) is 5.47. The average Bonchev–Trinajstić information content (AvgIpc) is 2.16. The van der Waals surface area contributed by atoms with Gasteiger partial charge in [0, 0.05) is 18.9 Å². The van der Waals surface area contributed by atoms with Crippen molar-refractivity contribution in [3.05, 3.63) is 16.9 Å². The summed E-state index contributed by atoms with van der Waals surface area (Å²) >= 11 is 3.27. The van der Waals surface area contributed by atoms with Gasteiger partial charge in [0.05, 0.1) is 4.47 Å². The monoisotopic (exact) mass is 244 g/mol. The molecule has 0 amide bonds. The Kier molecular flexibility index (Phi) is 4.11. The molecule has 0 aliphatic carbocycles.